The first-order valence-corrected chi connectivity index (χ1v) is 7.98. The van der Waals surface area contributed by atoms with Gasteiger partial charge in [0, 0.05) is 18.7 Å². The van der Waals surface area contributed by atoms with Crippen molar-refractivity contribution in [1.82, 2.24) is 0 Å². The molecule has 0 aliphatic heterocycles. The molecule has 0 nitrogen and oxygen atoms in total. The molecule has 0 fully saturated rings. The molecule has 0 bridgehead atoms. The normalized spacial score (nSPS) is 12.8. The minimum atomic E-state index is -0.0810. The largest absolute Gasteiger partial charge is 0.143 e. The Labute approximate surface area is 127 Å². The van der Waals surface area contributed by atoms with Crippen molar-refractivity contribution >= 4 is 54.8 Å². The van der Waals surface area contributed by atoms with Crippen molar-refractivity contribution < 1.29 is 0 Å². The Morgan fingerprint density at radius 1 is 1.06 bits per heavy atom. The summed E-state index contributed by atoms with van der Waals surface area (Å²) in [6, 6.07) is 8.33. The minimum Gasteiger partial charge on any atom is -0.143 e. The highest BCUT2D eigenvalue weighted by Crippen LogP contribution is 2.38. The zero-order valence-electron chi connectivity index (χ0n) is 9.43. The maximum absolute atomic E-state index is 6.56. The highest BCUT2D eigenvalue weighted by molar-refractivity contribution is 9.11. The summed E-state index contributed by atoms with van der Waals surface area (Å²) in [7, 11) is 0. The molecule has 1 aromatic carbocycles. The van der Waals surface area contributed by atoms with E-state index in [9.17, 15) is 0 Å². The highest BCUT2D eigenvalue weighted by Gasteiger charge is 2.16. The van der Waals surface area contributed by atoms with Crippen molar-refractivity contribution in [2.75, 3.05) is 0 Å². The van der Waals surface area contributed by atoms with E-state index in [1.807, 2.05) is 6.07 Å². The van der Waals surface area contributed by atoms with Gasteiger partial charge in [-0.05, 0) is 49.2 Å². The zero-order valence-corrected chi connectivity index (χ0v) is 14.2. The predicted molar refractivity (Wildman–Crippen MR) is 83.3 cm³/mol. The van der Waals surface area contributed by atoms with Crippen LogP contribution in [0.3, 0.4) is 0 Å². The maximum atomic E-state index is 6.56. The summed E-state index contributed by atoms with van der Waals surface area (Å²) < 4.78 is 2.08. The second-order valence-electron chi connectivity index (χ2n) is 3.97. The molecule has 1 heterocycles. The minimum absolute atomic E-state index is 0.0810. The number of halogens is 3. The van der Waals surface area contributed by atoms with Crippen molar-refractivity contribution in [2.24, 2.45) is 0 Å². The number of alkyl halides is 1. The first-order chi connectivity index (χ1) is 7.97. The third-order valence-electron chi connectivity index (χ3n) is 2.49. The summed E-state index contributed by atoms with van der Waals surface area (Å²) in [5.41, 5.74) is 2.38. The van der Waals surface area contributed by atoms with E-state index in [2.05, 4.69) is 63.9 Å². The average molecular weight is 395 g/mol. The summed E-state index contributed by atoms with van der Waals surface area (Å²) in [4.78, 5) is 2.53. The van der Waals surface area contributed by atoms with Gasteiger partial charge in [-0.25, -0.2) is 0 Å². The van der Waals surface area contributed by atoms with E-state index in [4.69, 9.17) is 11.6 Å². The van der Waals surface area contributed by atoms with Gasteiger partial charge in [-0.1, -0.05) is 31.9 Å². The van der Waals surface area contributed by atoms with Crippen LogP contribution in [0.4, 0.5) is 0 Å². The van der Waals surface area contributed by atoms with Crippen LogP contribution in [-0.2, 0) is 0 Å². The van der Waals surface area contributed by atoms with Gasteiger partial charge in [0.15, 0.2) is 0 Å². The zero-order chi connectivity index (χ0) is 12.6. The number of benzene rings is 1. The predicted octanol–water partition coefficient (Wildman–Crippen LogP) is 6.22. The standard InChI is InChI=1S/C13H11Br2ClS/c1-7-3-8(2)17-13(7)12(16)9-4-10(14)6-11(15)5-9/h3-6,12H,1-2H3. The van der Waals surface area contributed by atoms with Crippen molar-refractivity contribution in [3.8, 4) is 0 Å². The molecule has 0 amide bonds. The Morgan fingerprint density at radius 3 is 2.12 bits per heavy atom. The van der Waals surface area contributed by atoms with Gasteiger partial charge >= 0.3 is 0 Å². The van der Waals surface area contributed by atoms with Gasteiger partial charge < -0.3 is 0 Å². The molecule has 0 saturated carbocycles. The molecule has 2 aromatic rings. The lowest BCUT2D eigenvalue weighted by Gasteiger charge is -2.10. The molecule has 17 heavy (non-hydrogen) atoms. The molecule has 4 heteroatoms. The average Bonchev–Trinajstić information content (AvgIpc) is 2.55. The van der Waals surface area contributed by atoms with Crippen LogP contribution in [0.15, 0.2) is 33.2 Å². The number of thiophene rings is 1. The molecule has 90 valence electrons. The lowest BCUT2D eigenvalue weighted by Crippen LogP contribution is -1.92. The molecule has 0 radical (unpaired) electrons. The van der Waals surface area contributed by atoms with Gasteiger partial charge in [-0.15, -0.1) is 22.9 Å². The Balaban J connectivity index is 2.43. The first-order valence-electron chi connectivity index (χ1n) is 5.14. The van der Waals surface area contributed by atoms with E-state index in [1.165, 1.54) is 15.3 Å². The molecule has 0 saturated heterocycles. The monoisotopic (exact) mass is 392 g/mol. The van der Waals surface area contributed by atoms with Crippen molar-refractivity contribution in [3.05, 3.63) is 54.1 Å². The molecule has 1 atom stereocenters. The fourth-order valence-electron chi connectivity index (χ4n) is 1.78. The van der Waals surface area contributed by atoms with E-state index >= 15 is 0 Å². The van der Waals surface area contributed by atoms with Gasteiger partial charge in [0.25, 0.3) is 0 Å². The van der Waals surface area contributed by atoms with E-state index < -0.39 is 0 Å². The second kappa shape index (κ2) is 5.43. The van der Waals surface area contributed by atoms with Crippen LogP contribution in [0, 0.1) is 13.8 Å². The fourth-order valence-corrected chi connectivity index (χ4v) is 4.59. The molecule has 2 rings (SSSR count). The SMILES string of the molecule is Cc1cc(C)c(C(Cl)c2cc(Br)cc(Br)c2)s1. The van der Waals surface area contributed by atoms with E-state index in [0.29, 0.717) is 0 Å². The van der Waals surface area contributed by atoms with Crippen LogP contribution in [0.1, 0.15) is 26.3 Å². The molecular weight excluding hydrogens is 383 g/mol. The Hall–Kier alpha value is 0.170. The van der Waals surface area contributed by atoms with Crippen molar-refractivity contribution in [2.45, 2.75) is 19.2 Å². The third-order valence-corrected chi connectivity index (χ3v) is 5.22. The second-order valence-corrected chi connectivity index (χ2v) is 7.53. The molecular formula is C13H11Br2ClS. The van der Waals surface area contributed by atoms with Crippen molar-refractivity contribution in [1.29, 1.82) is 0 Å². The topological polar surface area (TPSA) is 0 Å². The van der Waals surface area contributed by atoms with E-state index in [0.717, 1.165) is 14.5 Å². The molecule has 0 spiro atoms. The summed E-state index contributed by atoms with van der Waals surface area (Å²) in [6.45, 7) is 4.23. The number of rotatable bonds is 2. The lowest BCUT2D eigenvalue weighted by atomic mass is 10.1. The Kier molecular flexibility index (Phi) is 4.35. The van der Waals surface area contributed by atoms with Gasteiger partial charge in [-0.3, -0.25) is 0 Å². The van der Waals surface area contributed by atoms with E-state index in [-0.39, 0.29) is 5.38 Å². The van der Waals surface area contributed by atoms with Gasteiger partial charge in [0.05, 0.1) is 5.38 Å². The summed E-state index contributed by atoms with van der Waals surface area (Å²) in [6.07, 6.45) is 0. The maximum Gasteiger partial charge on any atom is 0.0931 e. The summed E-state index contributed by atoms with van der Waals surface area (Å²) in [5.74, 6) is 0. The van der Waals surface area contributed by atoms with Crippen LogP contribution >= 0.6 is 54.8 Å². The summed E-state index contributed by atoms with van der Waals surface area (Å²) >= 11 is 15.3. The molecule has 1 aromatic heterocycles. The summed E-state index contributed by atoms with van der Waals surface area (Å²) in [5, 5.41) is -0.0810. The Morgan fingerprint density at radius 2 is 1.65 bits per heavy atom. The molecule has 0 aliphatic carbocycles. The van der Waals surface area contributed by atoms with Crippen LogP contribution in [0.5, 0.6) is 0 Å². The third kappa shape index (κ3) is 3.14. The Bertz CT molecular complexity index is 528. The highest BCUT2D eigenvalue weighted by atomic mass is 79.9. The van der Waals surface area contributed by atoms with Gasteiger partial charge in [0.2, 0.25) is 0 Å². The number of hydrogen-bond donors (Lipinski definition) is 0. The fraction of sp³-hybridized carbons (Fsp3) is 0.231. The van der Waals surface area contributed by atoms with Gasteiger partial charge in [-0.2, -0.15) is 0 Å². The van der Waals surface area contributed by atoms with E-state index in [1.54, 1.807) is 11.3 Å². The van der Waals surface area contributed by atoms with Crippen LogP contribution < -0.4 is 0 Å². The van der Waals surface area contributed by atoms with Crippen LogP contribution in [0.2, 0.25) is 0 Å². The smallest absolute Gasteiger partial charge is 0.0931 e. The molecule has 0 aliphatic rings. The lowest BCUT2D eigenvalue weighted by molar-refractivity contribution is 1.15. The molecule has 1 unspecified atom stereocenters. The van der Waals surface area contributed by atoms with Gasteiger partial charge in [0.1, 0.15) is 0 Å². The molecule has 0 N–H and O–H groups in total. The van der Waals surface area contributed by atoms with Crippen molar-refractivity contribution in [3.63, 3.8) is 0 Å². The van der Waals surface area contributed by atoms with Crippen LogP contribution in [-0.4, -0.2) is 0 Å². The quantitative estimate of drug-likeness (QED) is 0.531. The first kappa shape index (κ1) is 13.6. The van der Waals surface area contributed by atoms with Crippen LogP contribution in [0.25, 0.3) is 0 Å². The number of aryl methyl sites for hydroxylation is 2. The number of hydrogen-bond acceptors (Lipinski definition) is 1.